The predicted octanol–water partition coefficient (Wildman–Crippen LogP) is 2.59. The first kappa shape index (κ1) is 14.9. The summed E-state index contributed by atoms with van der Waals surface area (Å²) in [6.07, 6.45) is 0.869. The van der Waals surface area contributed by atoms with Crippen LogP contribution in [0.5, 0.6) is 5.75 Å². The summed E-state index contributed by atoms with van der Waals surface area (Å²) in [5.41, 5.74) is 2.23. The van der Waals surface area contributed by atoms with Crippen molar-refractivity contribution in [3.63, 3.8) is 0 Å². The molecule has 1 aromatic heterocycles. The van der Waals surface area contributed by atoms with Crippen molar-refractivity contribution in [1.82, 2.24) is 15.1 Å². The molecule has 0 aliphatic heterocycles. The molecule has 2 rings (SSSR count). The molecule has 0 fully saturated rings. The molecular weight excluding hydrogens is 274 g/mol. The lowest BCUT2D eigenvalue weighted by molar-refractivity contribution is 0.268. The number of likely N-dealkylation sites (N-methyl/N-ethyl adjacent to an activating group) is 1. The van der Waals surface area contributed by atoms with Gasteiger partial charge >= 0.3 is 0 Å². The van der Waals surface area contributed by atoms with Crippen molar-refractivity contribution in [2.45, 2.75) is 19.4 Å². The van der Waals surface area contributed by atoms with Crippen LogP contribution < -0.4 is 10.1 Å². The minimum absolute atomic E-state index is 0.226. The molecule has 108 valence electrons. The van der Waals surface area contributed by atoms with Gasteiger partial charge in [-0.25, -0.2) is 0 Å². The highest BCUT2D eigenvalue weighted by Gasteiger charge is 2.12. The summed E-state index contributed by atoms with van der Waals surface area (Å²) in [6.45, 7) is 2.58. The third kappa shape index (κ3) is 3.99. The number of halogens is 1. The third-order valence-electron chi connectivity index (χ3n) is 3.21. The van der Waals surface area contributed by atoms with Gasteiger partial charge in [-0.3, -0.25) is 4.68 Å². The molecule has 0 aliphatic rings. The number of ether oxygens (including phenoxy) is 1. The van der Waals surface area contributed by atoms with Crippen LogP contribution in [0.2, 0.25) is 5.02 Å². The van der Waals surface area contributed by atoms with Crippen LogP contribution in [0.1, 0.15) is 11.4 Å². The first-order valence-corrected chi connectivity index (χ1v) is 7.01. The van der Waals surface area contributed by atoms with Gasteiger partial charge in [0.15, 0.2) is 0 Å². The Kier molecular flexibility index (Phi) is 5.04. The molecule has 0 aliphatic carbocycles. The lowest BCUT2D eigenvalue weighted by atomic mass is 10.1. The summed E-state index contributed by atoms with van der Waals surface area (Å²) in [6, 6.07) is 9.78. The van der Waals surface area contributed by atoms with Crippen LogP contribution >= 0.6 is 11.6 Å². The van der Waals surface area contributed by atoms with Gasteiger partial charge in [0.05, 0.1) is 5.69 Å². The van der Waals surface area contributed by atoms with Gasteiger partial charge in [-0.05, 0) is 38.2 Å². The number of aryl methyl sites for hydroxylation is 2. The Morgan fingerprint density at radius 1 is 1.40 bits per heavy atom. The van der Waals surface area contributed by atoms with Gasteiger partial charge in [-0.1, -0.05) is 17.7 Å². The maximum Gasteiger partial charge on any atom is 0.120 e. The number of hydrogen-bond donors (Lipinski definition) is 1. The predicted molar refractivity (Wildman–Crippen MR) is 81.4 cm³/mol. The van der Waals surface area contributed by atoms with Gasteiger partial charge < -0.3 is 10.1 Å². The average molecular weight is 294 g/mol. The van der Waals surface area contributed by atoms with Crippen molar-refractivity contribution in [3.05, 3.63) is 46.7 Å². The van der Waals surface area contributed by atoms with Crippen molar-refractivity contribution in [2.75, 3.05) is 13.7 Å². The Morgan fingerprint density at radius 2 is 2.20 bits per heavy atom. The average Bonchev–Trinajstić information content (AvgIpc) is 2.72. The van der Waals surface area contributed by atoms with Gasteiger partial charge in [0.1, 0.15) is 12.4 Å². The number of benzene rings is 1. The zero-order valence-corrected chi connectivity index (χ0v) is 12.8. The second-order valence-electron chi connectivity index (χ2n) is 4.86. The van der Waals surface area contributed by atoms with E-state index < -0.39 is 0 Å². The quantitative estimate of drug-likeness (QED) is 0.890. The normalized spacial score (nSPS) is 12.4. The zero-order valence-electron chi connectivity index (χ0n) is 12.1. The van der Waals surface area contributed by atoms with Crippen LogP contribution in [-0.2, 0) is 13.5 Å². The van der Waals surface area contributed by atoms with Crippen LogP contribution in [0.3, 0.4) is 0 Å². The van der Waals surface area contributed by atoms with Gasteiger partial charge in [0.2, 0.25) is 0 Å². The summed E-state index contributed by atoms with van der Waals surface area (Å²) in [4.78, 5) is 0. The van der Waals surface area contributed by atoms with Crippen LogP contribution in [0.4, 0.5) is 0 Å². The van der Waals surface area contributed by atoms with E-state index in [0.717, 1.165) is 17.9 Å². The minimum Gasteiger partial charge on any atom is -0.492 e. The first-order valence-electron chi connectivity index (χ1n) is 6.63. The summed E-state index contributed by atoms with van der Waals surface area (Å²) >= 11 is 5.94. The minimum atomic E-state index is 0.226. The molecule has 4 nitrogen and oxygen atoms in total. The van der Waals surface area contributed by atoms with Crippen LogP contribution in [-0.4, -0.2) is 29.5 Å². The lowest BCUT2D eigenvalue weighted by Crippen LogP contribution is -2.34. The highest BCUT2D eigenvalue weighted by Crippen LogP contribution is 2.17. The third-order valence-corrected chi connectivity index (χ3v) is 3.45. The highest BCUT2D eigenvalue weighted by molar-refractivity contribution is 6.30. The Labute approximate surface area is 124 Å². The summed E-state index contributed by atoms with van der Waals surface area (Å²) in [5, 5.41) is 8.32. The van der Waals surface area contributed by atoms with E-state index in [1.165, 1.54) is 5.69 Å². The van der Waals surface area contributed by atoms with Crippen molar-refractivity contribution in [3.8, 4) is 5.75 Å². The molecule has 0 amide bonds. The van der Waals surface area contributed by atoms with Crippen molar-refractivity contribution in [2.24, 2.45) is 7.05 Å². The molecule has 0 bridgehead atoms. The molecule has 1 unspecified atom stereocenters. The molecule has 2 aromatic rings. The number of hydrogen-bond acceptors (Lipinski definition) is 3. The summed E-state index contributed by atoms with van der Waals surface area (Å²) < 4.78 is 7.70. The standard InChI is InChI=1S/C15H20ClN3O/c1-11-7-14(19(3)18-11)9-13(17-2)10-20-15-6-4-5-12(16)8-15/h4-8,13,17H,9-10H2,1-3H3. The van der Waals surface area contributed by atoms with E-state index in [2.05, 4.69) is 16.5 Å². The largest absolute Gasteiger partial charge is 0.492 e. The van der Waals surface area contributed by atoms with E-state index in [-0.39, 0.29) is 6.04 Å². The Hall–Kier alpha value is -1.52. The molecule has 0 saturated carbocycles. The SMILES string of the molecule is CNC(COc1cccc(Cl)c1)Cc1cc(C)nn1C. The molecule has 1 heterocycles. The summed E-state index contributed by atoms with van der Waals surface area (Å²) in [5.74, 6) is 0.791. The van der Waals surface area contributed by atoms with Crippen molar-refractivity contribution >= 4 is 11.6 Å². The fourth-order valence-corrected chi connectivity index (χ4v) is 2.29. The van der Waals surface area contributed by atoms with Gasteiger partial charge in [-0.15, -0.1) is 0 Å². The number of aromatic nitrogens is 2. The zero-order chi connectivity index (χ0) is 14.5. The fourth-order valence-electron chi connectivity index (χ4n) is 2.11. The van der Waals surface area contributed by atoms with E-state index in [9.17, 15) is 0 Å². The van der Waals surface area contributed by atoms with Gasteiger partial charge in [-0.2, -0.15) is 5.10 Å². The second-order valence-corrected chi connectivity index (χ2v) is 5.30. The van der Waals surface area contributed by atoms with E-state index in [0.29, 0.717) is 11.6 Å². The monoisotopic (exact) mass is 293 g/mol. The molecule has 1 atom stereocenters. The van der Waals surface area contributed by atoms with E-state index in [1.54, 1.807) is 0 Å². The number of nitrogens with zero attached hydrogens (tertiary/aromatic N) is 2. The van der Waals surface area contributed by atoms with Crippen molar-refractivity contribution in [1.29, 1.82) is 0 Å². The second kappa shape index (κ2) is 6.77. The molecule has 0 radical (unpaired) electrons. The number of nitrogens with one attached hydrogen (secondary N) is 1. The number of rotatable bonds is 6. The molecule has 1 aromatic carbocycles. The van der Waals surface area contributed by atoms with E-state index >= 15 is 0 Å². The van der Waals surface area contributed by atoms with E-state index in [1.807, 2.05) is 50.0 Å². The smallest absolute Gasteiger partial charge is 0.120 e. The highest BCUT2D eigenvalue weighted by atomic mass is 35.5. The molecule has 5 heteroatoms. The van der Waals surface area contributed by atoms with E-state index in [4.69, 9.17) is 16.3 Å². The summed E-state index contributed by atoms with van der Waals surface area (Å²) in [7, 11) is 3.90. The fraction of sp³-hybridized carbons (Fsp3) is 0.400. The molecule has 0 saturated heterocycles. The van der Waals surface area contributed by atoms with Crippen LogP contribution in [0.25, 0.3) is 0 Å². The maximum absolute atomic E-state index is 5.94. The van der Waals surface area contributed by atoms with Crippen LogP contribution in [0, 0.1) is 6.92 Å². The van der Waals surface area contributed by atoms with Gasteiger partial charge in [0.25, 0.3) is 0 Å². The van der Waals surface area contributed by atoms with Gasteiger partial charge in [0, 0.05) is 30.2 Å². The molecule has 1 N–H and O–H groups in total. The Balaban J connectivity index is 1.94. The molecule has 0 spiro atoms. The lowest BCUT2D eigenvalue weighted by Gasteiger charge is -2.17. The molecule has 20 heavy (non-hydrogen) atoms. The maximum atomic E-state index is 5.94. The molecular formula is C15H20ClN3O. The van der Waals surface area contributed by atoms with Crippen LogP contribution in [0.15, 0.2) is 30.3 Å². The topological polar surface area (TPSA) is 39.1 Å². The Bertz CT molecular complexity index is 568. The Morgan fingerprint density at radius 3 is 2.80 bits per heavy atom. The first-order chi connectivity index (χ1) is 9.58. The van der Waals surface area contributed by atoms with Crippen molar-refractivity contribution < 1.29 is 4.74 Å².